The lowest BCUT2D eigenvalue weighted by Gasteiger charge is -2.33. The molecule has 3 rings (SSSR count). The molecule has 182 valence electrons. The first kappa shape index (κ1) is 25.9. The summed E-state index contributed by atoms with van der Waals surface area (Å²) in [5.41, 5.74) is 0. The Bertz CT molecular complexity index is 847. The number of ether oxygens (including phenoxy) is 3. The molecule has 33 heavy (non-hydrogen) atoms. The van der Waals surface area contributed by atoms with Gasteiger partial charge in [0.1, 0.15) is 42.7 Å². The lowest BCUT2D eigenvalue weighted by molar-refractivity contribution is 0.0556. The van der Waals surface area contributed by atoms with Gasteiger partial charge in [0.05, 0.1) is 17.2 Å². The molecule has 2 aromatic rings. The first-order valence-electron chi connectivity index (χ1n) is 11.1. The molecule has 0 aromatic heterocycles. The number of hydrogen-bond donors (Lipinski definition) is 3. The van der Waals surface area contributed by atoms with Gasteiger partial charge in [0, 0.05) is 25.2 Å². The third-order valence-corrected chi connectivity index (χ3v) is 6.27. The van der Waals surface area contributed by atoms with Crippen molar-refractivity contribution in [3.63, 3.8) is 0 Å². The normalized spacial score (nSPS) is 16.9. The third kappa shape index (κ3) is 8.85. The van der Waals surface area contributed by atoms with E-state index < -0.39 is 12.2 Å². The summed E-state index contributed by atoms with van der Waals surface area (Å²) in [6.07, 6.45) is 0.713. The van der Waals surface area contributed by atoms with Crippen molar-refractivity contribution < 1.29 is 24.4 Å². The van der Waals surface area contributed by atoms with E-state index in [-0.39, 0.29) is 13.2 Å². The highest BCUT2D eigenvalue weighted by Gasteiger charge is 2.21. The average Bonchev–Trinajstić information content (AvgIpc) is 2.83. The van der Waals surface area contributed by atoms with Crippen molar-refractivity contribution in [2.24, 2.45) is 0 Å². The average molecular weight is 499 g/mol. The van der Waals surface area contributed by atoms with Crippen LogP contribution in [-0.4, -0.2) is 79.9 Å². The number of piperidine rings is 1. The van der Waals surface area contributed by atoms with Crippen LogP contribution < -0.4 is 19.5 Å². The number of aliphatic hydroxyl groups is 2. The van der Waals surface area contributed by atoms with Gasteiger partial charge in [-0.25, -0.2) is 0 Å². The van der Waals surface area contributed by atoms with Crippen LogP contribution in [0.15, 0.2) is 42.5 Å². The van der Waals surface area contributed by atoms with Crippen LogP contribution in [0, 0.1) is 0 Å². The Morgan fingerprint density at radius 3 is 2.18 bits per heavy atom. The van der Waals surface area contributed by atoms with Gasteiger partial charge in [-0.3, -0.25) is 0 Å². The number of β-amino-alcohol motifs (C(OH)–C–C–N with tert-alkyl or cyclic N) is 1. The van der Waals surface area contributed by atoms with E-state index in [0.29, 0.717) is 40.7 Å². The second-order valence-electron chi connectivity index (χ2n) is 8.16. The number of likely N-dealkylation sites (tertiary alicyclic amines) is 1. The summed E-state index contributed by atoms with van der Waals surface area (Å²) in [5, 5.41) is 24.8. The Labute approximate surface area is 205 Å². The summed E-state index contributed by atoms with van der Waals surface area (Å²) in [7, 11) is 1.62. The molecule has 1 aliphatic heterocycles. The molecular weight excluding hydrogens is 467 g/mol. The molecule has 9 heteroatoms. The molecule has 0 unspecified atom stereocenters. The SMILES string of the molecule is COc1ccc(OC[C@H](O)CNC2CCN(C[C@@H](O)COc3ccc(Cl)c(Cl)c3)CC2)cc1. The van der Waals surface area contributed by atoms with Crippen LogP contribution in [-0.2, 0) is 0 Å². The first-order chi connectivity index (χ1) is 15.9. The molecule has 0 bridgehead atoms. The molecule has 3 N–H and O–H groups in total. The Morgan fingerprint density at radius 1 is 0.909 bits per heavy atom. The van der Waals surface area contributed by atoms with Crippen LogP contribution in [0.2, 0.25) is 10.0 Å². The minimum Gasteiger partial charge on any atom is -0.497 e. The first-order valence-corrected chi connectivity index (χ1v) is 11.8. The minimum atomic E-state index is -0.596. The third-order valence-electron chi connectivity index (χ3n) is 5.53. The molecule has 2 aromatic carbocycles. The minimum absolute atomic E-state index is 0.191. The van der Waals surface area contributed by atoms with E-state index in [4.69, 9.17) is 37.4 Å². The Morgan fingerprint density at radius 2 is 1.52 bits per heavy atom. The molecule has 0 spiro atoms. The summed E-state index contributed by atoms with van der Waals surface area (Å²) >= 11 is 11.9. The summed E-state index contributed by atoms with van der Waals surface area (Å²) in [6, 6.07) is 12.7. The zero-order valence-electron chi connectivity index (χ0n) is 18.8. The van der Waals surface area contributed by atoms with Gasteiger partial charge in [0.25, 0.3) is 0 Å². The van der Waals surface area contributed by atoms with Gasteiger partial charge in [-0.15, -0.1) is 0 Å². The summed E-state index contributed by atoms with van der Waals surface area (Å²) in [5.74, 6) is 2.05. The number of nitrogens with one attached hydrogen (secondary N) is 1. The highest BCUT2D eigenvalue weighted by molar-refractivity contribution is 6.42. The zero-order chi connectivity index (χ0) is 23.6. The van der Waals surface area contributed by atoms with Crippen molar-refractivity contribution in [2.75, 3.05) is 46.5 Å². The van der Waals surface area contributed by atoms with E-state index in [0.717, 1.165) is 31.7 Å². The van der Waals surface area contributed by atoms with E-state index in [2.05, 4.69) is 10.2 Å². The topological polar surface area (TPSA) is 83.4 Å². The van der Waals surface area contributed by atoms with E-state index in [1.54, 1.807) is 25.3 Å². The van der Waals surface area contributed by atoms with E-state index >= 15 is 0 Å². The van der Waals surface area contributed by atoms with Crippen molar-refractivity contribution in [3.8, 4) is 17.2 Å². The summed E-state index contributed by atoms with van der Waals surface area (Å²) in [6.45, 7) is 3.19. The monoisotopic (exact) mass is 498 g/mol. The van der Waals surface area contributed by atoms with E-state index in [1.807, 2.05) is 24.3 Å². The second kappa shape index (κ2) is 13.2. The van der Waals surface area contributed by atoms with Gasteiger partial charge < -0.3 is 34.6 Å². The number of methoxy groups -OCH3 is 1. The Kier molecular flexibility index (Phi) is 10.4. The van der Waals surface area contributed by atoms with Crippen LogP contribution >= 0.6 is 23.2 Å². The maximum Gasteiger partial charge on any atom is 0.121 e. The predicted molar refractivity (Wildman–Crippen MR) is 130 cm³/mol. The maximum atomic E-state index is 10.3. The fourth-order valence-corrected chi connectivity index (χ4v) is 3.94. The fraction of sp³-hybridized carbons (Fsp3) is 0.500. The van der Waals surface area contributed by atoms with Crippen molar-refractivity contribution in [2.45, 2.75) is 31.1 Å². The number of halogens is 2. The molecule has 1 heterocycles. The van der Waals surface area contributed by atoms with E-state index in [1.165, 1.54) is 0 Å². The lowest BCUT2D eigenvalue weighted by Crippen LogP contribution is -2.47. The highest BCUT2D eigenvalue weighted by atomic mass is 35.5. The zero-order valence-corrected chi connectivity index (χ0v) is 20.3. The van der Waals surface area contributed by atoms with Crippen LogP contribution in [0.3, 0.4) is 0 Å². The number of nitrogens with zero attached hydrogens (tertiary/aromatic N) is 1. The van der Waals surface area contributed by atoms with Gasteiger partial charge in [-0.1, -0.05) is 23.2 Å². The quantitative estimate of drug-likeness (QED) is 0.414. The molecule has 2 atom stereocenters. The number of hydrogen-bond acceptors (Lipinski definition) is 7. The Balaban J connectivity index is 1.27. The molecule has 0 aliphatic carbocycles. The highest BCUT2D eigenvalue weighted by Crippen LogP contribution is 2.26. The predicted octanol–water partition coefficient (Wildman–Crippen LogP) is 3.24. The van der Waals surface area contributed by atoms with Crippen molar-refractivity contribution in [1.29, 1.82) is 0 Å². The molecule has 0 radical (unpaired) electrons. The molecule has 1 saturated heterocycles. The standard InChI is InChI=1S/C24H32Cl2N2O5/c1-31-20-2-4-21(5-3-20)32-15-18(29)13-27-17-8-10-28(11-9-17)14-19(30)16-33-22-6-7-23(25)24(26)12-22/h2-7,12,17-19,27,29-30H,8-11,13-16H2,1H3/t18-,19-/m1/s1. The van der Waals surface area contributed by atoms with Crippen molar-refractivity contribution in [1.82, 2.24) is 10.2 Å². The number of benzene rings is 2. The smallest absolute Gasteiger partial charge is 0.121 e. The molecule has 1 fully saturated rings. The van der Waals surface area contributed by atoms with Crippen LogP contribution in [0.25, 0.3) is 0 Å². The summed E-state index contributed by atoms with van der Waals surface area (Å²) < 4.78 is 16.4. The number of aliphatic hydroxyl groups excluding tert-OH is 2. The summed E-state index contributed by atoms with van der Waals surface area (Å²) in [4.78, 5) is 2.23. The van der Waals surface area contributed by atoms with Gasteiger partial charge in [0.15, 0.2) is 0 Å². The number of rotatable bonds is 12. The van der Waals surface area contributed by atoms with Crippen LogP contribution in [0.4, 0.5) is 0 Å². The molecule has 1 aliphatic rings. The molecular formula is C24H32Cl2N2O5. The van der Waals surface area contributed by atoms with Gasteiger partial charge in [-0.2, -0.15) is 0 Å². The van der Waals surface area contributed by atoms with Gasteiger partial charge in [-0.05, 0) is 62.3 Å². The molecule has 0 saturated carbocycles. The molecule has 7 nitrogen and oxygen atoms in total. The van der Waals surface area contributed by atoms with Crippen LogP contribution in [0.5, 0.6) is 17.2 Å². The Hall–Kier alpha value is -1.74. The van der Waals surface area contributed by atoms with Crippen LogP contribution in [0.1, 0.15) is 12.8 Å². The molecule has 0 amide bonds. The maximum absolute atomic E-state index is 10.3. The van der Waals surface area contributed by atoms with Crippen molar-refractivity contribution >= 4 is 23.2 Å². The van der Waals surface area contributed by atoms with Gasteiger partial charge in [0.2, 0.25) is 0 Å². The second-order valence-corrected chi connectivity index (χ2v) is 8.98. The van der Waals surface area contributed by atoms with E-state index in [9.17, 15) is 10.2 Å². The largest absolute Gasteiger partial charge is 0.497 e. The fourth-order valence-electron chi connectivity index (χ4n) is 3.66. The van der Waals surface area contributed by atoms with Gasteiger partial charge >= 0.3 is 0 Å². The lowest BCUT2D eigenvalue weighted by atomic mass is 10.0. The van der Waals surface area contributed by atoms with Crippen molar-refractivity contribution in [3.05, 3.63) is 52.5 Å².